The summed E-state index contributed by atoms with van der Waals surface area (Å²) in [7, 11) is -3.82. The number of sulfonamides is 1. The summed E-state index contributed by atoms with van der Waals surface area (Å²) in [6.45, 7) is 1.08. The van der Waals surface area contributed by atoms with Gasteiger partial charge in [0.05, 0.1) is 29.1 Å². The molecule has 2 aromatic rings. The summed E-state index contributed by atoms with van der Waals surface area (Å²) in [5.41, 5.74) is 0.993. The minimum Gasteiger partial charge on any atom is -0.379 e. The van der Waals surface area contributed by atoms with Gasteiger partial charge in [0.25, 0.3) is 5.69 Å². The van der Waals surface area contributed by atoms with E-state index in [0.29, 0.717) is 18.2 Å². The number of benzene rings is 2. The van der Waals surface area contributed by atoms with Crippen molar-refractivity contribution < 1.29 is 18.1 Å². The maximum absolute atomic E-state index is 12.9. The van der Waals surface area contributed by atoms with Gasteiger partial charge in [-0.3, -0.25) is 10.1 Å². The Morgan fingerprint density at radius 2 is 1.97 bits per heavy atom. The van der Waals surface area contributed by atoms with E-state index >= 15 is 0 Å². The summed E-state index contributed by atoms with van der Waals surface area (Å²) in [5.74, 6) is 0.865. The van der Waals surface area contributed by atoms with Crippen LogP contribution in [-0.4, -0.2) is 49.7 Å². The Hall–Kier alpha value is -1.85. The molecule has 11 heteroatoms. The first-order valence-electron chi connectivity index (χ1n) is 9.41. The van der Waals surface area contributed by atoms with Crippen LogP contribution in [0.2, 0.25) is 5.02 Å². The molecular formula is C19H20ClN3O5S2. The third kappa shape index (κ3) is 4.28. The van der Waals surface area contributed by atoms with Gasteiger partial charge in [0.2, 0.25) is 10.0 Å². The van der Waals surface area contributed by atoms with Gasteiger partial charge in [0, 0.05) is 34.8 Å². The average Bonchev–Trinajstić information content (AvgIpc) is 2.75. The van der Waals surface area contributed by atoms with Crippen LogP contribution in [0.25, 0.3) is 0 Å². The van der Waals surface area contributed by atoms with Crippen molar-refractivity contribution in [2.45, 2.75) is 22.3 Å². The van der Waals surface area contributed by atoms with Gasteiger partial charge in [-0.25, -0.2) is 8.42 Å². The summed E-state index contributed by atoms with van der Waals surface area (Å²) < 4.78 is 32.2. The molecule has 4 rings (SSSR count). The van der Waals surface area contributed by atoms with Crippen molar-refractivity contribution >= 4 is 44.8 Å². The van der Waals surface area contributed by atoms with E-state index in [1.807, 2.05) is 18.2 Å². The SMILES string of the molecule is O=[N+]([O-])c1cc(S(=O)(=O)N2CCOCC2)ccc1N[C@@H]1CCSc2ccc(Cl)cc21. The van der Waals surface area contributed by atoms with Crippen LogP contribution in [0.5, 0.6) is 0 Å². The molecule has 0 amide bonds. The van der Waals surface area contributed by atoms with Gasteiger partial charge in [-0.1, -0.05) is 11.6 Å². The molecule has 1 N–H and O–H groups in total. The molecule has 1 saturated heterocycles. The van der Waals surface area contributed by atoms with Crippen LogP contribution in [0.15, 0.2) is 46.2 Å². The van der Waals surface area contributed by atoms with Crippen LogP contribution in [0.3, 0.4) is 0 Å². The molecule has 160 valence electrons. The highest BCUT2D eigenvalue weighted by Gasteiger charge is 2.30. The van der Waals surface area contributed by atoms with Crippen LogP contribution in [0.4, 0.5) is 11.4 Å². The summed E-state index contributed by atoms with van der Waals surface area (Å²) in [6, 6.07) is 9.49. The Labute approximate surface area is 183 Å². The minimum atomic E-state index is -3.82. The number of hydrogen-bond donors (Lipinski definition) is 1. The van der Waals surface area contributed by atoms with Crippen molar-refractivity contribution in [1.82, 2.24) is 4.31 Å². The third-order valence-corrected chi connectivity index (χ3v) is 8.37. The summed E-state index contributed by atoms with van der Waals surface area (Å²) in [4.78, 5) is 12.2. The van der Waals surface area contributed by atoms with Gasteiger partial charge in [-0.2, -0.15) is 4.31 Å². The predicted octanol–water partition coefficient (Wildman–Crippen LogP) is 3.92. The zero-order chi connectivity index (χ0) is 21.3. The topological polar surface area (TPSA) is 102 Å². The molecular weight excluding hydrogens is 450 g/mol. The van der Waals surface area contributed by atoms with Crippen LogP contribution >= 0.6 is 23.4 Å². The van der Waals surface area contributed by atoms with E-state index in [9.17, 15) is 18.5 Å². The fourth-order valence-electron chi connectivity index (χ4n) is 3.58. The van der Waals surface area contributed by atoms with E-state index in [1.165, 1.54) is 16.4 Å². The standard InChI is InChI=1S/C19H20ClN3O5S2/c20-13-1-4-19-15(11-13)16(5-10-29-19)21-17-3-2-14(12-18(17)23(24)25)30(26,27)22-6-8-28-9-7-22/h1-4,11-12,16,21H,5-10H2/t16-/m1/s1. The van der Waals surface area contributed by atoms with E-state index < -0.39 is 14.9 Å². The molecule has 8 nitrogen and oxygen atoms in total. The molecule has 1 atom stereocenters. The normalized spacial score (nSPS) is 19.8. The predicted molar refractivity (Wildman–Crippen MR) is 116 cm³/mol. The van der Waals surface area contributed by atoms with E-state index in [1.54, 1.807) is 11.8 Å². The second kappa shape index (κ2) is 8.72. The van der Waals surface area contributed by atoms with Crippen molar-refractivity contribution in [3.63, 3.8) is 0 Å². The smallest absolute Gasteiger partial charge is 0.293 e. The molecule has 1 fully saturated rings. The van der Waals surface area contributed by atoms with Crippen LogP contribution in [0.1, 0.15) is 18.0 Å². The number of ether oxygens (including phenoxy) is 1. The average molecular weight is 470 g/mol. The van der Waals surface area contributed by atoms with E-state index in [-0.39, 0.29) is 35.4 Å². The lowest BCUT2D eigenvalue weighted by Gasteiger charge is -2.27. The lowest BCUT2D eigenvalue weighted by molar-refractivity contribution is -0.384. The number of rotatable bonds is 5. The molecule has 30 heavy (non-hydrogen) atoms. The van der Waals surface area contributed by atoms with Gasteiger partial charge in [-0.05, 0) is 42.3 Å². The number of hydrogen-bond acceptors (Lipinski definition) is 7. The van der Waals surface area contributed by atoms with Crippen molar-refractivity contribution in [3.8, 4) is 0 Å². The number of anilines is 1. The maximum atomic E-state index is 12.9. The molecule has 2 aromatic carbocycles. The first-order valence-corrected chi connectivity index (χ1v) is 12.2. The molecule has 0 spiro atoms. The molecule has 2 aliphatic heterocycles. The first-order chi connectivity index (χ1) is 14.4. The highest BCUT2D eigenvalue weighted by Crippen LogP contribution is 2.41. The zero-order valence-electron chi connectivity index (χ0n) is 15.9. The fourth-order valence-corrected chi connectivity index (χ4v) is 6.30. The minimum absolute atomic E-state index is 0.0932. The van der Waals surface area contributed by atoms with E-state index in [2.05, 4.69) is 5.32 Å². The Balaban J connectivity index is 1.66. The second-order valence-corrected chi connectivity index (χ2v) is 10.5. The Morgan fingerprint density at radius 3 is 2.70 bits per heavy atom. The number of fused-ring (bicyclic) bond motifs is 1. The number of halogens is 1. The molecule has 2 aliphatic rings. The largest absolute Gasteiger partial charge is 0.379 e. The highest BCUT2D eigenvalue weighted by molar-refractivity contribution is 7.99. The lowest BCUT2D eigenvalue weighted by Crippen LogP contribution is -2.40. The van der Waals surface area contributed by atoms with Gasteiger partial charge < -0.3 is 10.1 Å². The van der Waals surface area contributed by atoms with Gasteiger partial charge in [-0.15, -0.1) is 11.8 Å². The molecule has 0 unspecified atom stereocenters. The zero-order valence-corrected chi connectivity index (χ0v) is 18.3. The van der Waals surface area contributed by atoms with Crippen LogP contribution in [-0.2, 0) is 14.8 Å². The van der Waals surface area contributed by atoms with Gasteiger partial charge in [0.15, 0.2) is 0 Å². The molecule has 0 bridgehead atoms. The lowest BCUT2D eigenvalue weighted by atomic mass is 10.0. The third-order valence-electron chi connectivity index (χ3n) is 5.11. The molecule has 0 aromatic heterocycles. The number of nitro groups is 1. The number of nitrogens with one attached hydrogen (secondary N) is 1. The van der Waals surface area contributed by atoms with Gasteiger partial charge in [0.1, 0.15) is 5.69 Å². The Morgan fingerprint density at radius 1 is 1.20 bits per heavy atom. The molecule has 2 heterocycles. The molecule has 0 radical (unpaired) electrons. The highest BCUT2D eigenvalue weighted by atomic mass is 35.5. The molecule has 0 saturated carbocycles. The quantitative estimate of drug-likeness (QED) is 0.523. The summed E-state index contributed by atoms with van der Waals surface area (Å²) in [6.07, 6.45) is 0.767. The fraction of sp³-hybridized carbons (Fsp3) is 0.368. The maximum Gasteiger partial charge on any atom is 0.293 e. The van der Waals surface area contributed by atoms with Crippen LogP contribution < -0.4 is 5.32 Å². The van der Waals surface area contributed by atoms with E-state index in [0.717, 1.165) is 28.7 Å². The Bertz CT molecular complexity index is 1070. The van der Waals surface area contributed by atoms with Gasteiger partial charge >= 0.3 is 0 Å². The summed E-state index contributed by atoms with van der Waals surface area (Å²) >= 11 is 7.86. The number of nitrogens with zero attached hydrogens (tertiary/aromatic N) is 2. The monoisotopic (exact) mass is 469 g/mol. The Kier molecular flexibility index (Phi) is 6.21. The number of thioether (sulfide) groups is 1. The van der Waals surface area contributed by atoms with Crippen LogP contribution in [0, 0.1) is 10.1 Å². The second-order valence-electron chi connectivity index (χ2n) is 6.97. The molecule has 0 aliphatic carbocycles. The van der Waals surface area contributed by atoms with E-state index in [4.69, 9.17) is 16.3 Å². The van der Waals surface area contributed by atoms with Crippen molar-refractivity contribution in [1.29, 1.82) is 0 Å². The first kappa shape index (κ1) is 21.4. The van der Waals surface area contributed by atoms with Crippen molar-refractivity contribution in [2.75, 3.05) is 37.4 Å². The number of nitro benzene ring substituents is 1. The van der Waals surface area contributed by atoms with Crippen molar-refractivity contribution in [3.05, 3.63) is 57.1 Å². The van der Waals surface area contributed by atoms with Crippen molar-refractivity contribution in [2.24, 2.45) is 0 Å². The number of morpholine rings is 1. The summed E-state index contributed by atoms with van der Waals surface area (Å²) in [5, 5.41) is 15.6.